The molecule has 2 unspecified atom stereocenters. The van der Waals surface area contributed by atoms with Crippen LogP contribution in [0.25, 0.3) is 0 Å². The zero-order valence-corrected chi connectivity index (χ0v) is 12.4. The van der Waals surface area contributed by atoms with Crippen LogP contribution in [0.5, 0.6) is 0 Å². The Bertz CT molecular complexity index is 477. The fraction of sp³-hybridized carbons (Fsp3) is 0.562. The number of aliphatic hydroxyl groups is 1. The Labute approximate surface area is 120 Å². The highest BCUT2D eigenvalue weighted by Gasteiger charge is 2.44. The summed E-state index contributed by atoms with van der Waals surface area (Å²) in [5.74, 6) is 0.321. The van der Waals surface area contributed by atoms with E-state index in [-0.39, 0.29) is 17.2 Å². The Morgan fingerprint density at radius 3 is 2.60 bits per heavy atom. The molecule has 0 radical (unpaired) electrons. The molecule has 0 aromatic heterocycles. The summed E-state index contributed by atoms with van der Waals surface area (Å²) < 4.78 is 0. The summed E-state index contributed by atoms with van der Waals surface area (Å²) in [4.78, 5) is 12.7. The Hall–Kier alpha value is -1.39. The molecular formula is C16H24N2O2. The molecule has 3 N–H and O–H groups in total. The lowest BCUT2D eigenvalue weighted by Crippen LogP contribution is -2.42. The van der Waals surface area contributed by atoms with Crippen molar-refractivity contribution in [2.45, 2.75) is 33.3 Å². The first-order valence-electron chi connectivity index (χ1n) is 7.26. The van der Waals surface area contributed by atoms with Crippen molar-refractivity contribution in [3.63, 3.8) is 0 Å². The van der Waals surface area contributed by atoms with E-state index in [1.807, 2.05) is 24.3 Å². The lowest BCUT2D eigenvalue weighted by molar-refractivity contribution is -0.126. The number of para-hydroxylation sites is 1. The largest absolute Gasteiger partial charge is 0.389 e. The number of rotatable bonds is 4. The summed E-state index contributed by atoms with van der Waals surface area (Å²) in [7, 11) is 0. The van der Waals surface area contributed by atoms with Crippen LogP contribution < -0.4 is 10.6 Å². The Morgan fingerprint density at radius 1 is 1.35 bits per heavy atom. The van der Waals surface area contributed by atoms with Gasteiger partial charge in [0.2, 0.25) is 5.91 Å². The van der Waals surface area contributed by atoms with Gasteiger partial charge in [-0.05, 0) is 31.9 Å². The minimum atomic E-state index is -0.594. The van der Waals surface area contributed by atoms with Crippen molar-refractivity contribution in [2.75, 3.05) is 18.4 Å². The second kappa shape index (κ2) is 5.94. The second-order valence-electron chi connectivity index (χ2n) is 5.95. The van der Waals surface area contributed by atoms with Crippen LogP contribution in [-0.4, -0.2) is 24.1 Å². The normalized spacial score (nSPS) is 23.9. The molecule has 0 bridgehead atoms. The van der Waals surface area contributed by atoms with Crippen molar-refractivity contribution in [1.29, 1.82) is 0 Å². The van der Waals surface area contributed by atoms with Crippen LogP contribution in [0.3, 0.4) is 0 Å². The van der Waals surface area contributed by atoms with Crippen molar-refractivity contribution in [1.82, 2.24) is 5.32 Å². The van der Waals surface area contributed by atoms with Gasteiger partial charge in [-0.25, -0.2) is 0 Å². The number of carbonyl (C=O) groups excluding carboxylic acids is 1. The van der Waals surface area contributed by atoms with Crippen molar-refractivity contribution in [3.8, 4) is 0 Å². The number of hydrogen-bond acceptors (Lipinski definition) is 3. The van der Waals surface area contributed by atoms with E-state index in [9.17, 15) is 9.90 Å². The van der Waals surface area contributed by atoms with Crippen LogP contribution in [0.15, 0.2) is 24.3 Å². The molecule has 0 aliphatic carbocycles. The maximum absolute atomic E-state index is 12.7. The maximum atomic E-state index is 12.7. The summed E-state index contributed by atoms with van der Waals surface area (Å²) in [5, 5.41) is 16.1. The minimum absolute atomic E-state index is 0.0469. The molecule has 4 nitrogen and oxygen atoms in total. The first-order chi connectivity index (χ1) is 9.47. The highest BCUT2D eigenvalue weighted by molar-refractivity contribution is 5.96. The first kappa shape index (κ1) is 15.0. The smallest absolute Gasteiger partial charge is 0.232 e. The van der Waals surface area contributed by atoms with Gasteiger partial charge in [0.1, 0.15) is 0 Å². The van der Waals surface area contributed by atoms with E-state index in [1.54, 1.807) is 6.92 Å². The first-order valence-corrected chi connectivity index (χ1v) is 7.26. The minimum Gasteiger partial charge on any atom is -0.389 e. The van der Waals surface area contributed by atoms with Gasteiger partial charge >= 0.3 is 0 Å². The molecule has 20 heavy (non-hydrogen) atoms. The van der Waals surface area contributed by atoms with Gasteiger partial charge < -0.3 is 15.7 Å². The molecule has 110 valence electrons. The van der Waals surface area contributed by atoms with E-state index < -0.39 is 6.10 Å². The summed E-state index contributed by atoms with van der Waals surface area (Å²) >= 11 is 0. The molecule has 1 fully saturated rings. The van der Waals surface area contributed by atoms with Crippen LogP contribution in [0.4, 0.5) is 5.69 Å². The molecule has 1 amide bonds. The molecular weight excluding hydrogens is 252 g/mol. The molecule has 1 aliphatic heterocycles. The highest BCUT2D eigenvalue weighted by Crippen LogP contribution is 2.36. The van der Waals surface area contributed by atoms with Gasteiger partial charge in [0, 0.05) is 17.8 Å². The molecule has 1 aromatic carbocycles. The number of nitrogens with one attached hydrogen (secondary N) is 2. The zero-order chi connectivity index (χ0) is 14.8. The maximum Gasteiger partial charge on any atom is 0.232 e. The number of aliphatic hydroxyl groups excluding tert-OH is 1. The van der Waals surface area contributed by atoms with Gasteiger partial charge in [0.25, 0.3) is 0 Å². The average molecular weight is 276 g/mol. The fourth-order valence-corrected chi connectivity index (χ4v) is 2.88. The van der Waals surface area contributed by atoms with E-state index in [1.165, 1.54) is 0 Å². The molecule has 1 aliphatic rings. The topological polar surface area (TPSA) is 61.4 Å². The Kier molecular flexibility index (Phi) is 4.45. The molecule has 1 saturated heterocycles. The van der Waals surface area contributed by atoms with Crippen LogP contribution in [0.2, 0.25) is 0 Å². The number of amides is 1. The number of hydrogen-bond donors (Lipinski definition) is 3. The molecule has 0 saturated carbocycles. The number of carbonyl (C=O) groups is 1. The van der Waals surface area contributed by atoms with Crippen LogP contribution >= 0.6 is 0 Å². The lowest BCUT2D eigenvalue weighted by Gasteiger charge is -2.31. The van der Waals surface area contributed by atoms with Gasteiger partial charge in [0.15, 0.2) is 0 Å². The number of benzene rings is 1. The summed E-state index contributed by atoms with van der Waals surface area (Å²) in [6.07, 6.45) is 0.260. The lowest BCUT2D eigenvalue weighted by atomic mass is 9.75. The summed E-state index contributed by atoms with van der Waals surface area (Å²) in [6, 6.07) is 7.43. The molecule has 4 heteroatoms. The van der Waals surface area contributed by atoms with E-state index in [4.69, 9.17) is 0 Å². The third-order valence-electron chi connectivity index (χ3n) is 4.40. The summed E-state index contributed by atoms with van der Waals surface area (Å²) in [5.41, 5.74) is 1.11. The SMILES string of the molecule is CC(O)c1ccccc1NC(=O)C1(C(C)C)CCNC1. The Balaban J connectivity index is 2.23. The molecule has 2 atom stereocenters. The van der Waals surface area contributed by atoms with E-state index in [0.29, 0.717) is 12.2 Å². The fourth-order valence-electron chi connectivity index (χ4n) is 2.88. The second-order valence-corrected chi connectivity index (χ2v) is 5.95. The van der Waals surface area contributed by atoms with Gasteiger partial charge in [-0.2, -0.15) is 0 Å². The standard InChI is InChI=1S/C16H24N2O2/c1-11(2)16(8-9-17-10-16)15(20)18-14-7-5-4-6-13(14)12(3)19/h4-7,11-12,17,19H,8-10H2,1-3H3,(H,18,20). The third-order valence-corrected chi connectivity index (χ3v) is 4.40. The molecule has 1 heterocycles. The van der Waals surface area contributed by atoms with E-state index in [2.05, 4.69) is 24.5 Å². The highest BCUT2D eigenvalue weighted by atomic mass is 16.3. The van der Waals surface area contributed by atoms with Crippen molar-refractivity contribution >= 4 is 11.6 Å². The Morgan fingerprint density at radius 2 is 2.05 bits per heavy atom. The zero-order valence-electron chi connectivity index (χ0n) is 12.4. The molecule has 1 aromatic rings. The van der Waals surface area contributed by atoms with Crippen LogP contribution in [0, 0.1) is 11.3 Å². The van der Waals surface area contributed by atoms with Gasteiger partial charge in [-0.3, -0.25) is 4.79 Å². The third kappa shape index (κ3) is 2.72. The van der Waals surface area contributed by atoms with E-state index >= 15 is 0 Å². The van der Waals surface area contributed by atoms with Gasteiger partial charge in [0.05, 0.1) is 11.5 Å². The van der Waals surface area contributed by atoms with E-state index in [0.717, 1.165) is 18.5 Å². The predicted octanol–water partition coefficient (Wildman–Crippen LogP) is 2.31. The van der Waals surface area contributed by atoms with Crippen molar-refractivity contribution in [3.05, 3.63) is 29.8 Å². The predicted molar refractivity (Wildman–Crippen MR) is 80.5 cm³/mol. The molecule has 0 spiro atoms. The summed E-state index contributed by atoms with van der Waals surface area (Å²) in [6.45, 7) is 7.48. The monoisotopic (exact) mass is 276 g/mol. The average Bonchev–Trinajstić information content (AvgIpc) is 2.89. The van der Waals surface area contributed by atoms with Gasteiger partial charge in [-0.15, -0.1) is 0 Å². The van der Waals surface area contributed by atoms with Crippen LogP contribution in [-0.2, 0) is 4.79 Å². The van der Waals surface area contributed by atoms with Crippen molar-refractivity contribution in [2.24, 2.45) is 11.3 Å². The van der Waals surface area contributed by atoms with Gasteiger partial charge in [-0.1, -0.05) is 32.0 Å². The molecule has 2 rings (SSSR count). The van der Waals surface area contributed by atoms with Crippen molar-refractivity contribution < 1.29 is 9.90 Å². The number of anilines is 1. The van der Waals surface area contributed by atoms with Crippen LogP contribution in [0.1, 0.15) is 38.9 Å². The quantitative estimate of drug-likeness (QED) is 0.791.